The summed E-state index contributed by atoms with van der Waals surface area (Å²) in [7, 11) is 0. The number of benzene rings is 1. The average molecular weight is 351 g/mol. The van der Waals surface area contributed by atoms with Gasteiger partial charge in [0.05, 0.1) is 19.8 Å². The summed E-state index contributed by atoms with van der Waals surface area (Å²) in [6.45, 7) is 10.9. The minimum atomic E-state index is 0.716. The van der Waals surface area contributed by atoms with Crippen molar-refractivity contribution >= 4 is 0 Å². The molecule has 0 radical (unpaired) electrons. The molecule has 0 aliphatic rings. The minimum absolute atomic E-state index is 0.716. The molecule has 3 nitrogen and oxygen atoms in total. The first-order valence-corrected chi connectivity index (χ1v) is 10.3. The van der Waals surface area contributed by atoms with Gasteiger partial charge in [0.2, 0.25) is 5.75 Å². The third kappa shape index (κ3) is 9.04. The molecule has 0 fully saturated rings. The van der Waals surface area contributed by atoms with Crippen molar-refractivity contribution in [2.24, 2.45) is 0 Å². The van der Waals surface area contributed by atoms with Gasteiger partial charge in [0.1, 0.15) is 0 Å². The van der Waals surface area contributed by atoms with Crippen LogP contribution < -0.4 is 14.2 Å². The Balaban J connectivity index is 2.79. The lowest BCUT2D eigenvalue weighted by Gasteiger charge is -2.18. The normalized spacial score (nSPS) is 10.7. The number of ether oxygens (including phenoxy) is 3. The molecule has 0 saturated heterocycles. The molecule has 0 heterocycles. The van der Waals surface area contributed by atoms with Gasteiger partial charge in [0.15, 0.2) is 11.5 Å². The summed E-state index contributed by atoms with van der Waals surface area (Å²) >= 11 is 0. The van der Waals surface area contributed by atoms with Crippen molar-refractivity contribution in [1.82, 2.24) is 0 Å². The largest absolute Gasteiger partial charge is 0.490 e. The van der Waals surface area contributed by atoms with E-state index < -0.39 is 0 Å². The van der Waals surface area contributed by atoms with Crippen molar-refractivity contribution in [3.8, 4) is 17.2 Å². The van der Waals surface area contributed by atoms with Crippen LogP contribution in [0.5, 0.6) is 17.2 Å². The zero-order valence-electron chi connectivity index (χ0n) is 16.9. The Morgan fingerprint density at radius 1 is 0.600 bits per heavy atom. The van der Waals surface area contributed by atoms with E-state index in [2.05, 4.69) is 39.8 Å². The van der Waals surface area contributed by atoms with Crippen LogP contribution in [-0.2, 0) is 0 Å². The lowest BCUT2D eigenvalue weighted by molar-refractivity contribution is 0.235. The van der Waals surface area contributed by atoms with Crippen LogP contribution in [0.2, 0.25) is 0 Å². The molecule has 0 unspecified atom stereocenters. The Bertz CT molecular complexity index is 424. The summed E-state index contributed by atoms with van der Waals surface area (Å²) in [5, 5.41) is 0. The van der Waals surface area contributed by atoms with E-state index >= 15 is 0 Å². The highest BCUT2D eigenvalue weighted by Gasteiger charge is 2.14. The van der Waals surface area contributed by atoms with Gasteiger partial charge in [-0.05, 0) is 43.9 Å². The Labute approximate surface area is 155 Å². The number of rotatable bonds is 15. The lowest BCUT2D eigenvalue weighted by atomic mass is 10.2. The van der Waals surface area contributed by atoms with E-state index in [1.54, 1.807) is 0 Å². The molecule has 1 rings (SSSR count). The highest BCUT2D eigenvalue weighted by Crippen LogP contribution is 2.39. The molecule has 0 N–H and O–H groups in total. The maximum atomic E-state index is 6.09. The van der Waals surface area contributed by atoms with E-state index in [-0.39, 0.29) is 0 Å². The van der Waals surface area contributed by atoms with Crippen LogP contribution in [0.4, 0.5) is 0 Å². The first-order chi connectivity index (χ1) is 12.2. The van der Waals surface area contributed by atoms with Gasteiger partial charge in [-0.15, -0.1) is 0 Å². The summed E-state index contributed by atoms with van der Waals surface area (Å²) in [4.78, 5) is 0. The van der Waals surface area contributed by atoms with Crippen molar-refractivity contribution in [3.63, 3.8) is 0 Å². The zero-order valence-corrected chi connectivity index (χ0v) is 16.9. The van der Waals surface area contributed by atoms with Crippen molar-refractivity contribution in [2.45, 2.75) is 85.5 Å². The minimum Gasteiger partial charge on any atom is -0.490 e. The Morgan fingerprint density at radius 2 is 1.00 bits per heavy atom. The summed E-state index contributed by atoms with van der Waals surface area (Å²) in [5.41, 5.74) is 1.15. The molecule has 0 spiro atoms. The molecule has 0 aliphatic carbocycles. The van der Waals surface area contributed by atoms with E-state index in [0.29, 0.717) is 6.61 Å². The summed E-state index contributed by atoms with van der Waals surface area (Å²) in [5.74, 6) is 2.45. The predicted octanol–water partition coefficient (Wildman–Crippen LogP) is 6.70. The topological polar surface area (TPSA) is 27.7 Å². The zero-order chi connectivity index (χ0) is 18.3. The fourth-order valence-electron chi connectivity index (χ4n) is 2.66. The van der Waals surface area contributed by atoms with Crippen LogP contribution in [0.1, 0.15) is 84.1 Å². The molecule has 0 saturated carbocycles. The Kier molecular flexibility index (Phi) is 12.0. The van der Waals surface area contributed by atoms with E-state index in [9.17, 15) is 0 Å². The van der Waals surface area contributed by atoms with E-state index in [0.717, 1.165) is 55.3 Å². The van der Waals surface area contributed by atoms with Gasteiger partial charge in [-0.3, -0.25) is 0 Å². The smallest absolute Gasteiger partial charge is 0.203 e. The molecular weight excluding hydrogens is 312 g/mol. The van der Waals surface area contributed by atoms with Gasteiger partial charge in [0, 0.05) is 0 Å². The van der Waals surface area contributed by atoms with E-state index in [1.807, 2.05) is 0 Å². The standard InChI is InChI=1S/C22H38O3/c1-5-8-11-14-23-20-17-19(4)18-21(24-15-12-9-6-2)22(20)25-16-13-10-7-3/h17-18H,5-16H2,1-4H3. The highest BCUT2D eigenvalue weighted by atomic mass is 16.5. The van der Waals surface area contributed by atoms with Crippen molar-refractivity contribution < 1.29 is 14.2 Å². The van der Waals surface area contributed by atoms with Crippen LogP contribution in [0.3, 0.4) is 0 Å². The Hall–Kier alpha value is -1.38. The second kappa shape index (κ2) is 13.9. The fraction of sp³-hybridized carbons (Fsp3) is 0.727. The van der Waals surface area contributed by atoms with Gasteiger partial charge in [-0.2, -0.15) is 0 Å². The summed E-state index contributed by atoms with van der Waals surface area (Å²) in [6.07, 6.45) is 10.4. The summed E-state index contributed by atoms with van der Waals surface area (Å²) in [6, 6.07) is 4.14. The number of hydrogen-bond donors (Lipinski definition) is 0. The van der Waals surface area contributed by atoms with Gasteiger partial charge < -0.3 is 14.2 Å². The third-order valence-corrected chi connectivity index (χ3v) is 4.17. The first kappa shape index (κ1) is 21.7. The maximum absolute atomic E-state index is 6.09. The molecular formula is C22H38O3. The number of aryl methyl sites for hydroxylation is 1. The molecule has 25 heavy (non-hydrogen) atoms. The average Bonchev–Trinajstić information content (AvgIpc) is 2.60. The molecule has 0 atom stereocenters. The molecule has 0 amide bonds. The van der Waals surface area contributed by atoms with Crippen molar-refractivity contribution in [2.75, 3.05) is 19.8 Å². The van der Waals surface area contributed by atoms with Crippen LogP contribution in [0, 0.1) is 6.92 Å². The summed E-state index contributed by atoms with van der Waals surface area (Å²) < 4.78 is 18.2. The molecule has 0 bridgehead atoms. The van der Waals surface area contributed by atoms with Crippen LogP contribution in [-0.4, -0.2) is 19.8 Å². The molecule has 1 aromatic rings. The number of hydrogen-bond acceptors (Lipinski definition) is 3. The van der Waals surface area contributed by atoms with Gasteiger partial charge >= 0.3 is 0 Å². The SMILES string of the molecule is CCCCCOc1cc(C)cc(OCCCCC)c1OCCCCC. The first-order valence-electron chi connectivity index (χ1n) is 10.3. The predicted molar refractivity (Wildman–Crippen MR) is 106 cm³/mol. The van der Waals surface area contributed by atoms with Crippen molar-refractivity contribution in [1.29, 1.82) is 0 Å². The fourth-order valence-corrected chi connectivity index (χ4v) is 2.66. The van der Waals surface area contributed by atoms with Crippen molar-refractivity contribution in [3.05, 3.63) is 17.7 Å². The number of unbranched alkanes of at least 4 members (excludes halogenated alkanes) is 6. The van der Waals surface area contributed by atoms with Gasteiger partial charge in [-0.1, -0.05) is 59.3 Å². The molecule has 0 aliphatic heterocycles. The Morgan fingerprint density at radius 3 is 1.40 bits per heavy atom. The maximum Gasteiger partial charge on any atom is 0.203 e. The molecule has 0 aromatic heterocycles. The second-order valence-corrected chi connectivity index (χ2v) is 6.76. The van der Waals surface area contributed by atoms with Crippen LogP contribution in [0.25, 0.3) is 0 Å². The highest BCUT2D eigenvalue weighted by molar-refractivity contribution is 5.53. The van der Waals surface area contributed by atoms with E-state index in [1.165, 1.54) is 38.5 Å². The van der Waals surface area contributed by atoms with Crippen LogP contribution >= 0.6 is 0 Å². The van der Waals surface area contributed by atoms with E-state index in [4.69, 9.17) is 14.2 Å². The molecule has 3 heteroatoms. The third-order valence-electron chi connectivity index (χ3n) is 4.17. The monoisotopic (exact) mass is 350 g/mol. The van der Waals surface area contributed by atoms with Crippen LogP contribution in [0.15, 0.2) is 12.1 Å². The van der Waals surface area contributed by atoms with Gasteiger partial charge in [0.25, 0.3) is 0 Å². The molecule has 1 aromatic carbocycles. The second-order valence-electron chi connectivity index (χ2n) is 6.76. The van der Waals surface area contributed by atoms with Gasteiger partial charge in [-0.25, -0.2) is 0 Å². The quantitative estimate of drug-likeness (QED) is 0.329. The molecule has 144 valence electrons. The lowest BCUT2D eigenvalue weighted by Crippen LogP contribution is -2.06.